The van der Waals surface area contributed by atoms with E-state index >= 15 is 0 Å². The number of nitrogens with zero attached hydrogens (tertiary/aromatic N) is 4. The van der Waals surface area contributed by atoms with Gasteiger partial charge in [-0.15, -0.1) is 0 Å². The van der Waals surface area contributed by atoms with E-state index in [4.69, 9.17) is 0 Å². The standard InChI is InChI=1S/C24H50N4/c1-21(2)15-19(16-22(3,4)27(21)11)25(9)13-14-26(10)20-17-23(5,6)28(12)24(7,8)18-20/h19-20H,13-18H2,1-12H3. The first-order valence-electron chi connectivity index (χ1n) is 11.4. The van der Waals surface area contributed by atoms with E-state index in [1.807, 2.05) is 0 Å². The molecule has 2 fully saturated rings. The van der Waals surface area contributed by atoms with Crippen LogP contribution in [0.25, 0.3) is 0 Å². The molecule has 4 nitrogen and oxygen atoms in total. The quantitative estimate of drug-likeness (QED) is 0.694. The maximum absolute atomic E-state index is 2.64. The normalized spacial score (nSPS) is 28.9. The van der Waals surface area contributed by atoms with Crippen LogP contribution in [-0.4, -0.2) is 95.1 Å². The van der Waals surface area contributed by atoms with Gasteiger partial charge in [0.25, 0.3) is 0 Å². The minimum Gasteiger partial charge on any atom is -0.302 e. The molecule has 28 heavy (non-hydrogen) atoms. The van der Waals surface area contributed by atoms with Gasteiger partial charge < -0.3 is 9.80 Å². The molecule has 166 valence electrons. The first kappa shape index (κ1) is 24.1. The van der Waals surface area contributed by atoms with Gasteiger partial charge in [0.15, 0.2) is 0 Å². The summed E-state index contributed by atoms with van der Waals surface area (Å²) in [7, 11) is 9.29. The minimum atomic E-state index is 0.259. The SMILES string of the molecule is CN(CCN(C)C1CC(C)(C)N(C)C(C)(C)C1)C1CC(C)(C)N(C)C(C)(C)C1. The summed E-state index contributed by atoms with van der Waals surface area (Å²) in [6, 6.07) is 1.33. The molecule has 0 N–H and O–H groups in total. The van der Waals surface area contributed by atoms with Crippen LogP contribution in [0.5, 0.6) is 0 Å². The van der Waals surface area contributed by atoms with Gasteiger partial charge >= 0.3 is 0 Å². The molecule has 2 heterocycles. The summed E-state index contributed by atoms with van der Waals surface area (Å²) >= 11 is 0. The predicted molar refractivity (Wildman–Crippen MR) is 123 cm³/mol. The maximum Gasteiger partial charge on any atom is 0.0170 e. The van der Waals surface area contributed by atoms with Gasteiger partial charge in [-0.05, 0) is 109 Å². The molecule has 2 saturated heterocycles. The lowest BCUT2D eigenvalue weighted by Gasteiger charge is -2.56. The van der Waals surface area contributed by atoms with Crippen molar-refractivity contribution in [2.24, 2.45) is 0 Å². The van der Waals surface area contributed by atoms with Gasteiger partial charge in [-0.1, -0.05) is 0 Å². The first-order chi connectivity index (χ1) is 12.5. The highest BCUT2D eigenvalue weighted by Crippen LogP contribution is 2.40. The van der Waals surface area contributed by atoms with Crippen LogP contribution in [0.4, 0.5) is 0 Å². The largest absolute Gasteiger partial charge is 0.302 e. The molecule has 4 heteroatoms. The summed E-state index contributed by atoms with van der Waals surface area (Å²) in [4.78, 5) is 10.4. The third-order valence-electron chi connectivity index (χ3n) is 8.62. The number of hydrogen-bond acceptors (Lipinski definition) is 4. The molecule has 0 aromatic rings. The third kappa shape index (κ3) is 4.94. The van der Waals surface area contributed by atoms with Crippen molar-refractivity contribution in [2.45, 2.75) is 115 Å². The Bertz CT molecular complexity index is 453. The van der Waals surface area contributed by atoms with E-state index < -0.39 is 0 Å². The molecule has 0 unspecified atom stereocenters. The van der Waals surface area contributed by atoms with Gasteiger partial charge in [0.05, 0.1) is 0 Å². The Kier molecular flexibility index (Phi) is 6.74. The predicted octanol–water partition coefficient (Wildman–Crippen LogP) is 4.15. The van der Waals surface area contributed by atoms with Crippen LogP contribution in [0.1, 0.15) is 81.1 Å². The summed E-state index contributed by atoms with van der Waals surface area (Å²) < 4.78 is 0. The van der Waals surface area contributed by atoms with Crippen LogP contribution in [0, 0.1) is 0 Å². The van der Waals surface area contributed by atoms with E-state index in [0.717, 1.165) is 13.1 Å². The van der Waals surface area contributed by atoms with Gasteiger partial charge in [-0.2, -0.15) is 0 Å². The molecule has 2 aliphatic rings. The van der Waals surface area contributed by atoms with E-state index in [1.165, 1.54) is 25.7 Å². The Balaban J connectivity index is 1.96. The van der Waals surface area contributed by atoms with E-state index in [2.05, 4.69) is 103 Å². The zero-order valence-electron chi connectivity index (χ0n) is 21.2. The van der Waals surface area contributed by atoms with Crippen LogP contribution in [-0.2, 0) is 0 Å². The Hall–Kier alpha value is -0.160. The van der Waals surface area contributed by atoms with Crippen LogP contribution >= 0.6 is 0 Å². The molecule has 0 amide bonds. The second kappa shape index (κ2) is 7.83. The smallest absolute Gasteiger partial charge is 0.0170 e. The van der Waals surface area contributed by atoms with Crippen LogP contribution in [0.3, 0.4) is 0 Å². The van der Waals surface area contributed by atoms with E-state index in [0.29, 0.717) is 12.1 Å². The molecule has 0 atom stereocenters. The lowest BCUT2D eigenvalue weighted by Crippen LogP contribution is -2.63. The van der Waals surface area contributed by atoms with Gasteiger partial charge in [0.2, 0.25) is 0 Å². The summed E-state index contributed by atoms with van der Waals surface area (Å²) in [6.45, 7) is 21.6. The number of likely N-dealkylation sites (tertiary alicyclic amines) is 2. The van der Waals surface area contributed by atoms with Crippen molar-refractivity contribution in [2.75, 3.05) is 41.3 Å². The fraction of sp³-hybridized carbons (Fsp3) is 1.00. The topological polar surface area (TPSA) is 13.0 Å². The van der Waals surface area contributed by atoms with Crippen molar-refractivity contribution in [3.63, 3.8) is 0 Å². The van der Waals surface area contributed by atoms with Crippen LogP contribution in [0.15, 0.2) is 0 Å². The second-order valence-electron chi connectivity index (χ2n) is 12.5. The van der Waals surface area contributed by atoms with Gasteiger partial charge in [-0.3, -0.25) is 9.80 Å². The van der Waals surface area contributed by atoms with Gasteiger partial charge in [0.1, 0.15) is 0 Å². The number of hydrogen-bond donors (Lipinski definition) is 0. The fourth-order valence-electron chi connectivity index (χ4n) is 5.94. The molecule has 0 saturated carbocycles. The second-order valence-corrected chi connectivity index (χ2v) is 12.5. The lowest BCUT2D eigenvalue weighted by molar-refractivity contribution is -0.0526. The zero-order chi connectivity index (χ0) is 21.7. The molecule has 0 aromatic carbocycles. The Labute approximate surface area is 176 Å². The van der Waals surface area contributed by atoms with E-state index in [9.17, 15) is 0 Å². The highest BCUT2D eigenvalue weighted by molar-refractivity contribution is 5.02. The van der Waals surface area contributed by atoms with Crippen LogP contribution in [0.2, 0.25) is 0 Å². The molecular formula is C24H50N4. The Morgan fingerprint density at radius 2 is 0.786 bits per heavy atom. The van der Waals surface area contributed by atoms with Gasteiger partial charge in [-0.25, -0.2) is 0 Å². The van der Waals surface area contributed by atoms with E-state index in [-0.39, 0.29) is 22.2 Å². The average molecular weight is 395 g/mol. The van der Waals surface area contributed by atoms with Crippen molar-refractivity contribution < 1.29 is 0 Å². The van der Waals surface area contributed by atoms with Crippen molar-refractivity contribution in [1.29, 1.82) is 0 Å². The van der Waals surface area contributed by atoms with Crippen LogP contribution < -0.4 is 0 Å². The number of rotatable bonds is 5. The zero-order valence-corrected chi connectivity index (χ0v) is 21.2. The fourth-order valence-corrected chi connectivity index (χ4v) is 5.94. The van der Waals surface area contributed by atoms with E-state index in [1.54, 1.807) is 0 Å². The highest BCUT2D eigenvalue weighted by Gasteiger charge is 2.45. The van der Waals surface area contributed by atoms with Crippen molar-refractivity contribution >= 4 is 0 Å². The minimum absolute atomic E-state index is 0.259. The molecule has 2 rings (SSSR count). The molecule has 0 bridgehead atoms. The van der Waals surface area contributed by atoms with Gasteiger partial charge in [0, 0.05) is 47.3 Å². The number of likely N-dealkylation sites (N-methyl/N-ethyl adjacent to an activating group) is 2. The maximum atomic E-state index is 2.64. The summed E-state index contributed by atoms with van der Waals surface area (Å²) in [6.07, 6.45) is 5.01. The summed E-state index contributed by atoms with van der Waals surface area (Å²) in [5.74, 6) is 0. The Morgan fingerprint density at radius 1 is 0.571 bits per heavy atom. The molecule has 0 aliphatic carbocycles. The van der Waals surface area contributed by atoms with Crippen molar-refractivity contribution in [3.8, 4) is 0 Å². The number of piperidine rings is 2. The molecular weight excluding hydrogens is 344 g/mol. The highest BCUT2D eigenvalue weighted by atomic mass is 15.3. The molecule has 0 aromatic heterocycles. The first-order valence-corrected chi connectivity index (χ1v) is 11.4. The lowest BCUT2D eigenvalue weighted by atomic mass is 9.76. The molecule has 0 spiro atoms. The average Bonchev–Trinajstić information content (AvgIpc) is 2.53. The molecule has 2 aliphatic heterocycles. The summed E-state index contributed by atoms with van der Waals surface area (Å²) in [5.41, 5.74) is 1.03. The summed E-state index contributed by atoms with van der Waals surface area (Å²) in [5, 5.41) is 0. The monoisotopic (exact) mass is 394 g/mol. The third-order valence-corrected chi connectivity index (χ3v) is 8.62. The van der Waals surface area contributed by atoms with Crippen molar-refractivity contribution in [3.05, 3.63) is 0 Å². The Morgan fingerprint density at radius 3 is 1.00 bits per heavy atom. The van der Waals surface area contributed by atoms with Crippen molar-refractivity contribution in [1.82, 2.24) is 19.6 Å². The molecule has 0 radical (unpaired) electrons.